The van der Waals surface area contributed by atoms with E-state index >= 15 is 0 Å². The van der Waals surface area contributed by atoms with E-state index in [2.05, 4.69) is 5.32 Å². The summed E-state index contributed by atoms with van der Waals surface area (Å²) in [4.78, 5) is 23.4. The van der Waals surface area contributed by atoms with E-state index in [1.165, 1.54) is 12.1 Å². The van der Waals surface area contributed by atoms with Crippen LogP contribution in [0, 0.1) is 27.4 Å². The first-order chi connectivity index (χ1) is 9.40. The highest BCUT2D eigenvalue weighted by Gasteiger charge is 2.17. The minimum atomic E-state index is -0.588. The summed E-state index contributed by atoms with van der Waals surface area (Å²) in [5.74, 6) is -0.315. The highest BCUT2D eigenvalue weighted by atomic mass is 16.6. The van der Waals surface area contributed by atoms with E-state index in [-0.39, 0.29) is 23.1 Å². The van der Waals surface area contributed by atoms with Crippen LogP contribution in [0.4, 0.5) is 11.4 Å². The Labute approximate surface area is 117 Å². The van der Waals surface area contributed by atoms with Crippen LogP contribution in [-0.2, 0) is 4.79 Å². The van der Waals surface area contributed by atoms with Crippen molar-refractivity contribution in [3.05, 3.63) is 33.9 Å². The lowest BCUT2D eigenvalue weighted by molar-refractivity contribution is -0.385. The van der Waals surface area contributed by atoms with Gasteiger partial charge in [-0.2, -0.15) is 5.26 Å². The molecule has 106 valence electrons. The van der Waals surface area contributed by atoms with E-state index in [9.17, 15) is 14.9 Å². The molecule has 1 aromatic rings. The topological polar surface area (TPSA) is 99.3 Å². The number of anilines is 1. The number of hydrogen-bond acceptors (Lipinski definition) is 5. The number of carbonyl (C=O) groups excluding carboxylic acids is 1. The van der Waals surface area contributed by atoms with Gasteiger partial charge in [-0.25, -0.2) is 0 Å². The highest BCUT2D eigenvalue weighted by Crippen LogP contribution is 2.24. The molecule has 0 spiro atoms. The number of nitrogens with one attached hydrogen (secondary N) is 1. The molecule has 0 saturated heterocycles. The molecular formula is C13H16N4O3. The second kappa shape index (κ2) is 6.52. The summed E-state index contributed by atoms with van der Waals surface area (Å²) in [6.45, 7) is 2.23. The Morgan fingerprint density at radius 3 is 2.75 bits per heavy atom. The lowest BCUT2D eigenvalue weighted by Gasteiger charge is -2.22. The molecule has 1 atom stereocenters. The molecule has 0 aliphatic heterocycles. The number of amides is 1. The third-order valence-corrected chi connectivity index (χ3v) is 2.98. The summed E-state index contributed by atoms with van der Waals surface area (Å²) in [6, 6.07) is 6.13. The Bertz CT molecular complexity index is 565. The molecule has 0 saturated carbocycles. The number of carbonyl (C=O) groups is 1. The second-order valence-electron chi connectivity index (χ2n) is 4.47. The van der Waals surface area contributed by atoms with Gasteiger partial charge in [0.25, 0.3) is 5.69 Å². The van der Waals surface area contributed by atoms with E-state index in [0.717, 1.165) is 0 Å². The second-order valence-corrected chi connectivity index (χ2v) is 4.47. The van der Waals surface area contributed by atoms with E-state index in [1.807, 2.05) is 6.07 Å². The Morgan fingerprint density at radius 2 is 2.25 bits per heavy atom. The van der Waals surface area contributed by atoms with Crippen LogP contribution >= 0.6 is 0 Å². The van der Waals surface area contributed by atoms with E-state index in [0.29, 0.717) is 12.2 Å². The average molecular weight is 276 g/mol. The number of hydrogen-bond donors (Lipinski definition) is 1. The zero-order valence-electron chi connectivity index (χ0n) is 11.6. The lowest BCUT2D eigenvalue weighted by Crippen LogP contribution is -2.34. The van der Waals surface area contributed by atoms with Crippen molar-refractivity contribution in [3.8, 4) is 6.07 Å². The number of rotatable bonds is 5. The molecule has 1 unspecified atom stereocenters. The van der Waals surface area contributed by atoms with E-state index < -0.39 is 4.92 Å². The number of nitriles is 1. The molecular weight excluding hydrogens is 260 g/mol. The van der Waals surface area contributed by atoms with E-state index in [1.54, 1.807) is 32.0 Å². The van der Waals surface area contributed by atoms with Crippen molar-refractivity contribution < 1.29 is 9.72 Å². The summed E-state index contributed by atoms with van der Waals surface area (Å²) in [5, 5.41) is 22.3. The maximum absolute atomic E-state index is 11.5. The number of nitro benzene ring substituents is 1. The molecule has 0 fully saturated rings. The van der Waals surface area contributed by atoms with Gasteiger partial charge in [-0.3, -0.25) is 14.9 Å². The van der Waals surface area contributed by atoms with Gasteiger partial charge < -0.3 is 10.2 Å². The monoisotopic (exact) mass is 276 g/mol. The molecule has 0 aliphatic rings. The molecule has 0 aromatic heterocycles. The molecule has 1 amide bonds. The fourth-order valence-electron chi connectivity index (χ4n) is 1.86. The van der Waals surface area contributed by atoms with Crippen molar-refractivity contribution in [1.82, 2.24) is 5.32 Å². The maximum atomic E-state index is 11.5. The fourth-order valence-corrected chi connectivity index (χ4v) is 1.86. The van der Waals surface area contributed by atoms with Gasteiger partial charge in [0.2, 0.25) is 5.91 Å². The molecule has 7 nitrogen and oxygen atoms in total. The molecule has 0 aliphatic carbocycles. The Balaban J connectivity index is 2.95. The minimum Gasteiger partial charge on any atom is -0.374 e. The average Bonchev–Trinajstić information content (AvgIpc) is 2.45. The van der Waals surface area contributed by atoms with Crippen LogP contribution in [0.5, 0.6) is 0 Å². The summed E-state index contributed by atoms with van der Waals surface area (Å²) >= 11 is 0. The van der Waals surface area contributed by atoms with Crippen LogP contribution in [0.2, 0.25) is 0 Å². The first-order valence-electron chi connectivity index (χ1n) is 6.02. The standard InChI is InChI=1S/C13H16N4O3/c1-9(13(18)15-2)8-16(3)11-4-5-12(17(19)20)10(6-11)7-14/h4-6,9H,8H2,1-3H3,(H,15,18). The predicted octanol–water partition coefficient (Wildman–Crippen LogP) is 1.28. The molecule has 1 N–H and O–H groups in total. The molecule has 0 heterocycles. The molecule has 1 rings (SSSR count). The third kappa shape index (κ3) is 3.45. The number of nitro groups is 1. The van der Waals surface area contributed by atoms with Crippen LogP contribution in [0.3, 0.4) is 0 Å². The molecule has 1 aromatic carbocycles. The quantitative estimate of drug-likeness (QED) is 0.645. The van der Waals surface area contributed by atoms with Crippen molar-refractivity contribution >= 4 is 17.3 Å². The summed E-state index contributed by atoms with van der Waals surface area (Å²) in [7, 11) is 3.33. The minimum absolute atomic E-state index is 0.00643. The van der Waals surface area contributed by atoms with Crippen molar-refractivity contribution in [2.45, 2.75) is 6.92 Å². The van der Waals surface area contributed by atoms with Crippen LogP contribution in [0.15, 0.2) is 18.2 Å². The van der Waals surface area contributed by atoms with Gasteiger partial charge in [0.1, 0.15) is 11.6 Å². The molecule has 0 bridgehead atoms. The zero-order valence-corrected chi connectivity index (χ0v) is 11.6. The Kier molecular flexibility index (Phi) is 5.03. The maximum Gasteiger partial charge on any atom is 0.287 e. The normalized spacial score (nSPS) is 11.3. The SMILES string of the molecule is CNC(=O)C(C)CN(C)c1ccc([N+](=O)[O-])c(C#N)c1. The lowest BCUT2D eigenvalue weighted by atomic mass is 10.1. The summed E-state index contributed by atoms with van der Waals surface area (Å²) in [5.41, 5.74) is 0.443. The van der Waals surface area contributed by atoms with Crippen LogP contribution < -0.4 is 10.2 Å². The van der Waals surface area contributed by atoms with Gasteiger partial charge in [0.15, 0.2) is 0 Å². The number of nitrogens with zero attached hydrogens (tertiary/aromatic N) is 3. The van der Waals surface area contributed by atoms with Crippen molar-refractivity contribution in [1.29, 1.82) is 5.26 Å². The van der Waals surface area contributed by atoms with Crippen LogP contribution in [0.25, 0.3) is 0 Å². The van der Waals surface area contributed by atoms with Gasteiger partial charge in [-0.05, 0) is 12.1 Å². The van der Waals surface area contributed by atoms with Gasteiger partial charge >= 0.3 is 0 Å². The van der Waals surface area contributed by atoms with E-state index in [4.69, 9.17) is 5.26 Å². The molecule has 20 heavy (non-hydrogen) atoms. The summed E-state index contributed by atoms with van der Waals surface area (Å²) < 4.78 is 0. The fraction of sp³-hybridized carbons (Fsp3) is 0.385. The highest BCUT2D eigenvalue weighted by molar-refractivity contribution is 5.78. The molecule has 7 heteroatoms. The van der Waals surface area contributed by atoms with Crippen LogP contribution in [0.1, 0.15) is 12.5 Å². The predicted molar refractivity (Wildman–Crippen MR) is 74.3 cm³/mol. The smallest absolute Gasteiger partial charge is 0.287 e. The Morgan fingerprint density at radius 1 is 1.60 bits per heavy atom. The van der Waals surface area contributed by atoms with Gasteiger partial charge in [-0.1, -0.05) is 6.92 Å². The Hall–Kier alpha value is -2.62. The van der Waals surface area contributed by atoms with Gasteiger partial charge in [0, 0.05) is 32.4 Å². The first kappa shape index (κ1) is 15.4. The summed E-state index contributed by atoms with van der Waals surface area (Å²) in [6.07, 6.45) is 0. The van der Waals surface area contributed by atoms with Gasteiger partial charge in [0.05, 0.1) is 10.8 Å². The molecule has 0 radical (unpaired) electrons. The number of benzene rings is 1. The first-order valence-corrected chi connectivity index (χ1v) is 6.02. The van der Waals surface area contributed by atoms with Crippen molar-refractivity contribution in [2.24, 2.45) is 5.92 Å². The van der Waals surface area contributed by atoms with Crippen molar-refractivity contribution in [2.75, 3.05) is 25.5 Å². The van der Waals surface area contributed by atoms with Crippen molar-refractivity contribution in [3.63, 3.8) is 0 Å². The third-order valence-electron chi connectivity index (χ3n) is 2.98. The van der Waals surface area contributed by atoms with Gasteiger partial charge in [-0.15, -0.1) is 0 Å². The zero-order chi connectivity index (χ0) is 15.3. The van der Waals surface area contributed by atoms with Crippen LogP contribution in [-0.4, -0.2) is 31.5 Å². The largest absolute Gasteiger partial charge is 0.374 e.